The molecule has 5 rings (SSSR count). The minimum absolute atomic E-state index is 0.0281. The van der Waals surface area contributed by atoms with E-state index in [9.17, 15) is 36.0 Å². The summed E-state index contributed by atoms with van der Waals surface area (Å²) in [5.74, 6) is -4.66. The smallest absolute Gasteiger partial charge is 0.426 e. The van der Waals surface area contributed by atoms with E-state index in [2.05, 4.69) is 4.74 Å². The minimum Gasteiger partial charge on any atom is -0.448 e. The molecule has 4 saturated carbocycles. The predicted molar refractivity (Wildman–Crippen MR) is 114 cm³/mol. The van der Waals surface area contributed by atoms with E-state index in [1.54, 1.807) is 0 Å². The molecular weight excluding hydrogens is 492 g/mol. The minimum atomic E-state index is -5.29. The van der Waals surface area contributed by atoms with Crippen LogP contribution in [-0.2, 0) is 30.8 Å². The van der Waals surface area contributed by atoms with Crippen molar-refractivity contribution in [2.75, 3.05) is 5.75 Å². The number of benzene rings is 1. The molecule has 35 heavy (non-hydrogen) atoms. The van der Waals surface area contributed by atoms with Gasteiger partial charge >= 0.3 is 18.1 Å². The third kappa shape index (κ3) is 5.25. The molecule has 2 radical (unpaired) electrons. The fraction of sp³-hybridized carbons (Fsp3) is 0.591. The highest BCUT2D eigenvalue weighted by molar-refractivity contribution is 7.85. The summed E-state index contributed by atoms with van der Waals surface area (Å²) in [6, 6.07) is 3.62. The van der Waals surface area contributed by atoms with Crippen molar-refractivity contribution in [1.82, 2.24) is 0 Å². The average Bonchev–Trinajstić information content (AvgIpc) is 2.74. The van der Waals surface area contributed by atoms with Gasteiger partial charge in [0.25, 0.3) is 10.1 Å². The first-order chi connectivity index (χ1) is 16.2. The number of ketones is 1. The number of rotatable bonds is 7. The van der Waals surface area contributed by atoms with E-state index in [1.807, 2.05) is 0 Å². The summed E-state index contributed by atoms with van der Waals surface area (Å²) in [5.41, 5.74) is -1.06. The van der Waals surface area contributed by atoms with Gasteiger partial charge in [-0.15, -0.1) is 0 Å². The van der Waals surface area contributed by atoms with Crippen LogP contribution < -0.4 is 4.74 Å². The maximum absolute atomic E-state index is 13.3. The van der Waals surface area contributed by atoms with Crippen molar-refractivity contribution < 1.29 is 50.0 Å². The SMILES string of the molecule is [B]Cc1ccc(C(=O)OC(CS(=O)(=O)O)C(F)(F)F)c(OC(=O)C23CC4CC(C2)C(=O)C(C4)C3)c1. The molecule has 3 atom stereocenters. The number of hydrogen-bond donors (Lipinski definition) is 1. The summed E-state index contributed by atoms with van der Waals surface area (Å²) in [7, 11) is 0.476. The van der Waals surface area contributed by atoms with E-state index in [4.69, 9.17) is 17.1 Å². The Labute approximate surface area is 200 Å². The summed E-state index contributed by atoms with van der Waals surface area (Å²) in [5, 5.41) is 0. The molecule has 4 bridgehead atoms. The summed E-state index contributed by atoms with van der Waals surface area (Å²) in [6.07, 6.45) is -5.86. The van der Waals surface area contributed by atoms with Crippen molar-refractivity contribution in [3.8, 4) is 5.75 Å². The Kier molecular flexibility index (Phi) is 6.54. The van der Waals surface area contributed by atoms with Gasteiger partial charge in [-0.25, -0.2) is 4.79 Å². The fourth-order valence-corrected chi connectivity index (χ4v) is 6.37. The van der Waals surface area contributed by atoms with Gasteiger partial charge < -0.3 is 9.47 Å². The normalized spacial score (nSPS) is 28.6. The van der Waals surface area contributed by atoms with Crippen LogP contribution in [-0.4, -0.2) is 56.6 Å². The number of ether oxygens (including phenoxy) is 2. The summed E-state index contributed by atoms with van der Waals surface area (Å²) >= 11 is 0. The molecule has 0 spiro atoms. The molecule has 8 nitrogen and oxygen atoms in total. The van der Waals surface area contributed by atoms with Crippen LogP contribution in [0.5, 0.6) is 5.75 Å². The van der Waals surface area contributed by atoms with E-state index in [1.165, 1.54) is 12.1 Å². The zero-order valence-electron chi connectivity index (χ0n) is 18.4. The molecule has 0 saturated heterocycles. The number of halogens is 3. The van der Waals surface area contributed by atoms with Crippen molar-refractivity contribution >= 4 is 35.7 Å². The third-order valence-electron chi connectivity index (χ3n) is 7.11. The quantitative estimate of drug-likeness (QED) is 0.255. The van der Waals surface area contributed by atoms with Gasteiger partial charge in [0.1, 0.15) is 22.8 Å². The predicted octanol–water partition coefficient (Wildman–Crippen LogP) is 2.63. The highest BCUT2D eigenvalue weighted by Gasteiger charge is 2.59. The van der Waals surface area contributed by atoms with Crippen LogP contribution in [0.2, 0.25) is 0 Å². The molecule has 0 aliphatic heterocycles. The highest BCUT2D eigenvalue weighted by Crippen LogP contribution is 2.59. The van der Waals surface area contributed by atoms with E-state index < -0.39 is 51.1 Å². The van der Waals surface area contributed by atoms with Gasteiger partial charge in [0.05, 0.1) is 13.3 Å². The van der Waals surface area contributed by atoms with E-state index in [0.29, 0.717) is 24.8 Å². The molecule has 4 fully saturated rings. The summed E-state index contributed by atoms with van der Waals surface area (Å²) in [6.45, 7) is 0. The molecule has 0 heterocycles. The maximum atomic E-state index is 13.3. The first kappa shape index (κ1) is 25.7. The van der Waals surface area contributed by atoms with Crippen LogP contribution in [0.3, 0.4) is 0 Å². The standard InChI is InChI=1S/C22H22BF3O8S/c23-9-11-1-2-15(19(28)34-17(22(24,25)26)10-35(30,31)32)16(5-11)33-20(29)21-6-12-3-13(7-21)18(27)14(4-12)8-21/h1-2,5,12-14,17H,3-4,6-10H2,(H,30,31,32). The monoisotopic (exact) mass is 514 g/mol. The van der Waals surface area contributed by atoms with Crippen LogP contribution in [0.4, 0.5) is 13.2 Å². The first-order valence-corrected chi connectivity index (χ1v) is 12.6. The van der Waals surface area contributed by atoms with Gasteiger partial charge in [-0.2, -0.15) is 21.6 Å². The lowest BCUT2D eigenvalue weighted by Gasteiger charge is -2.53. The van der Waals surface area contributed by atoms with Crippen LogP contribution in [0.25, 0.3) is 0 Å². The van der Waals surface area contributed by atoms with Crippen molar-refractivity contribution in [1.29, 1.82) is 0 Å². The van der Waals surface area contributed by atoms with Crippen molar-refractivity contribution in [3.63, 3.8) is 0 Å². The average molecular weight is 514 g/mol. The van der Waals surface area contributed by atoms with Gasteiger partial charge in [0.2, 0.25) is 6.10 Å². The Balaban J connectivity index is 1.60. The number of Topliss-reactive ketones (excluding diaryl/α,β-unsaturated/α-hetero) is 1. The lowest BCUT2D eigenvalue weighted by molar-refractivity contribution is -0.197. The van der Waals surface area contributed by atoms with Crippen LogP contribution >= 0.6 is 0 Å². The van der Waals surface area contributed by atoms with Gasteiger partial charge in [0, 0.05) is 11.8 Å². The summed E-state index contributed by atoms with van der Waals surface area (Å²) < 4.78 is 80.4. The molecular formula is C22H22BF3O8S. The Bertz CT molecular complexity index is 1150. The molecule has 1 aromatic carbocycles. The Hall–Kier alpha value is -2.41. The molecule has 188 valence electrons. The van der Waals surface area contributed by atoms with Gasteiger partial charge in [-0.05, 0) is 50.2 Å². The number of alkyl halides is 3. The lowest BCUT2D eigenvalue weighted by atomic mass is 9.49. The number of carbonyl (C=O) groups excluding carboxylic acids is 3. The zero-order valence-corrected chi connectivity index (χ0v) is 19.2. The first-order valence-electron chi connectivity index (χ1n) is 11.0. The number of carbonyl (C=O) groups is 3. The van der Waals surface area contributed by atoms with Crippen molar-refractivity contribution in [3.05, 3.63) is 29.3 Å². The third-order valence-corrected chi connectivity index (χ3v) is 7.83. The topological polar surface area (TPSA) is 124 Å². The van der Waals surface area contributed by atoms with Crippen LogP contribution in [0, 0.1) is 23.2 Å². The molecule has 0 aromatic heterocycles. The zero-order chi connectivity index (χ0) is 25.8. The number of esters is 2. The highest BCUT2D eigenvalue weighted by atomic mass is 32.2. The second kappa shape index (κ2) is 8.92. The van der Waals surface area contributed by atoms with Gasteiger partial charge in [-0.3, -0.25) is 14.1 Å². The molecule has 1 aromatic rings. The largest absolute Gasteiger partial charge is 0.448 e. The second-order valence-electron chi connectivity index (χ2n) is 9.63. The fourth-order valence-electron chi connectivity index (χ4n) is 5.73. The van der Waals surface area contributed by atoms with Gasteiger partial charge in [-0.1, -0.05) is 17.9 Å². The molecule has 3 unspecified atom stereocenters. The lowest BCUT2D eigenvalue weighted by Crippen LogP contribution is -2.55. The Morgan fingerprint density at radius 1 is 1.17 bits per heavy atom. The van der Waals surface area contributed by atoms with Crippen LogP contribution in [0.1, 0.15) is 48.0 Å². The molecule has 4 aliphatic rings. The molecule has 0 amide bonds. The van der Waals surface area contributed by atoms with Crippen LogP contribution in [0.15, 0.2) is 18.2 Å². The second-order valence-corrected chi connectivity index (χ2v) is 11.1. The van der Waals surface area contributed by atoms with Gasteiger partial charge in [0.15, 0.2) is 0 Å². The molecule has 1 N–H and O–H groups in total. The van der Waals surface area contributed by atoms with E-state index in [-0.39, 0.29) is 35.6 Å². The molecule has 13 heteroatoms. The maximum Gasteiger partial charge on any atom is 0.426 e. The Morgan fingerprint density at radius 2 is 1.80 bits per heavy atom. The van der Waals surface area contributed by atoms with E-state index >= 15 is 0 Å². The Morgan fingerprint density at radius 3 is 2.34 bits per heavy atom. The van der Waals surface area contributed by atoms with E-state index in [0.717, 1.165) is 18.9 Å². The van der Waals surface area contributed by atoms with Crippen molar-refractivity contribution in [2.45, 2.75) is 50.7 Å². The van der Waals surface area contributed by atoms with Crippen molar-refractivity contribution in [2.24, 2.45) is 23.2 Å². The summed E-state index contributed by atoms with van der Waals surface area (Å²) in [4.78, 5) is 38.3. The number of hydrogen-bond acceptors (Lipinski definition) is 7. The molecule has 4 aliphatic carbocycles.